The molecule has 0 aliphatic carbocycles. The van der Waals surface area contributed by atoms with E-state index in [9.17, 15) is 33.6 Å². The van der Waals surface area contributed by atoms with Crippen molar-refractivity contribution in [1.29, 1.82) is 0 Å². The zero-order valence-electron chi connectivity index (χ0n) is 32.7. The fourth-order valence-corrected chi connectivity index (χ4v) is 6.14. The molecule has 0 spiro atoms. The van der Waals surface area contributed by atoms with E-state index in [1.54, 1.807) is 107 Å². The van der Waals surface area contributed by atoms with E-state index in [0.29, 0.717) is 12.0 Å². The lowest BCUT2D eigenvalue weighted by molar-refractivity contribution is -0.171. The molecule has 0 bridgehead atoms. The molecule has 53 heavy (non-hydrogen) atoms. The van der Waals surface area contributed by atoms with Gasteiger partial charge >= 0.3 is 6.09 Å². The second kappa shape index (κ2) is 17.1. The molecule has 2 unspecified atom stereocenters. The number of carbonyl (C=O) groups is 7. The summed E-state index contributed by atoms with van der Waals surface area (Å²) in [6.07, 6.45) is -1.97. The summed E-state index contributed by atoms with van der Waals surface area (Å²) in [6.45, 7) is 14.8. The molecular formula is C37H56N6O10. The minimum atomic E-state index is -1.31. The van der Waals surface area contributed by atoms with Crippen molar-refractivity contribution in [2.45, 2.75) is 123 Å². The highest BCUT2D eigenvalue weighted by atomic mass is 16.8. The van der Waals surface area contributed by atoms with Gasteiger partial charge < -0.3 is 45.3 Å². The van der Waals surface area contributed by atoms with Gasteiger partial charge in [0.2, 0.25) is 29.4 Å². The van der Waals surface area contributed by atoms with Gasteiger partial charge in [0, 0.05) is 14.1 Å². The summed E-state index contributed by atoms with van der Waals surface area (Å²) >= 11 is 0. The van der Waals surface area contributed by atoms with Crippen LogP contribution in [0.5, 0.6) is 0 Å². The molecule has 1 aromatic rings. The SMILES string of the molecule is CCC[C@H](NC(=O)[C@@H]1C2OC(C)(C)O[C@H]2CN1C(=O)[C@@H](NC(=O)OC(C)(C)C)C(C)(C)C)C(=O)C(=O)NCC(=O)NC(C(=O)N(C)C)c1ccccc1. The average molecular weight is 745 g/mol. The van der Waals surface area contributed by atoms with Crippen molar-refractivity contribution in [2.75, 3.05) is 27.2 Å². The Morgan fingerprint density at radius 3 is 2.11 bits per heavy atom. The minimum absolute atomic E-state index is 0.0457. The largest absolute Gasteiger partial charge is 0.444 e. The number of likely N-dealkylation sites (N-methyl/N-ethyl adjacent to an activating group) is 1. The van der Waals surface area contributed by atoms with Gasteiger partial charge in [-0.15, -0.1) is 0 Å². The Bertz CT molecular complexity index is 1530. The highest BCUT2D eigenvalue weighted by Gasteiger charge is 2.58. The summed E-state index contributed by atoms with van der Waals surface area (Å²) in [5, 5.41) is 10.2. The maximum atomic E-state index is 14.2. The van der Waals surface area contributed by atoms with Crippen LogP contribution in [0, 0.1) is 5.41 Å². The third-order valence-electron chi connectivity index (χ3n) is 8.54. The van der Waals surface area contributed by atoms with Crippen LogP contribution in [0.4, 0.5) is 4.79 Å². The number of hydrogen-bond acceptors (Lipinski definition) is 10. The topological polar surface area (TPSA) is 202 Å². The van der Waals surface area contributed by atoms with Crippen molar-refractivity contribution >= 4 is 41.4 Å². The summed E-state index contributed by atoms with van der Waals surface area (Å²) in [5.41, 5.74) is -1.12. The second-order valence-corrected chi connectivity index (χ2v) is 16.1. The Kier molecular flexibility index (Phi) is 13.8. The summed E-state index contributed by atoms with van der Waals surface area (Å²) < 4.78 is 17.5. The van der Waals surface area contributed by atoms with E-state index in [-0.39, 0.29) is 13.0 Å². The molecule has 2 saturated heterocycles. The van der Waals surface area contributed by atoms with E-state index in [1.165, 1.54) is 9.80 Å². The first kappa shape index (κ1) is 42.8. The number of Topliss-reactive ketones (excluding diaryl/α,β-unsaturated/α-hetero) is 1. The highest BCUT2D eigenvalue weighted by molar-refractivity contribution is 6.38. The van der Waals surface area contributed by atoms with Crippen LogP contribution in [-0.4, -0.2) is 120 Å². The van der Waals surface area contributed by atoms with Crippen LogP contribution >= 0.6 is 0 Å². The molecule has 2 fully saturated rings. The zero-order valence-corrected chi connectivity index (χ0v) is 32.7. The number of carbonyl (C=O) groups excluding carboxylic acids is 7. The predicted octanol–water partition coefficient (Wildman–Crippen LogP) is 1.57. The van der Waals surface area contributed by atoms with Gasteiger partial charge in [-0.25, -0.2) is 4.79 Å². The molecule has 3 rings (SSSR count). The zero-order chi connectivity index (χ0) is 40.1. The number of nitrogens with one attached hydrogen (secondary N) is 4. The number of rotatable bonds is 13. The van der Waals surface area contributed by atoms with E-state index >= 15 is 0 Å². The molecule has 6 amide bonds. The number of nitrogens with zero attached hydrogens (tertiary/aromatic N) is 2. The van der Waals surface area contributed by atoms with Gasteiger partial charge in [0.15, 0.2) is 5.79 Å². The quantitative estimate of drug-likeness (QED) is 0.215. The Morgan fingerprint density at radius 1 is 0.943 bits per heavy atom. The Hall–Kier alpha value is -4.57. The van der Waals surface area contributed by atoms with Crippen LogP contribution < -0.4 is 21.3 Å². The lowest BCUT2D eigenvalue weighted by Gasteiger charge is -2.37. The first-order valence-electron chi connectivity index (χ1n) is 17.8. The molecule has 6 atom stereocenters. The number of amides is 6. The van der Waals surface area contributed by atoms with Crippen LogP contribution in [0.3, 0.4) is 0 Å². The fourth-order valence-electron chi connectivity index (χ4n) is 6.14. The van der Waals surface area contributed by atoms with Gasteiger partial charge in [-0.3, -0.25) is 28.8 Å². The van der Waals surface area contributed by atoms with Gasteiger partial charge in [0.25, 0.3) is 5.91 Å². The number of ether oxygens (including phenoxy) is 3. The number of fused-ring (bicyclic) bond motifs is 1. The molecule has 0 radical (unpaired) electrons. The van der Waals surface area contributed by atoms with Crippen LogP contribution in [0.15, 0.2) is 30.3 Å². The molecule has 0 saturated carbocycles. The van der Waals surface area contributed by atoms with Crippen LogP contribution in [0.2, 0.25) is 0 Å². The molecule has 4 N–H and O–H groups in total. The van der Waals surface area contributed by atoms with Crippen molar-refractivity contribution in [1.82, 2.24) is 31.1 Å². The van der Waals surface area contributed by atoms with Gasteiger partial charge in [0.1, 0.15) is 35.9 Å². The highest BCUT2D eigenvalue weighted by Crippen LogP contribution is 2.38. The third kappa shape index (κ3) is 11.5. The van der Waals surface area contributed by atoms with Gasteiger partial charge in [-0.1, -0.05) is 64.4 Å². The Morgan fingerprint density at radius 2 is 1.57 bits per heavy atom. The van der Waals surface area contributed by atoms with Crippen molar-refractivity contribution in [3.8, 4) is 0 Å². The summed E-state index contributed by atoms with van der Waals surface area (Å²) in [6, 6.07) is 3.81. The van der Waals surface area contributed by atoms with Crippen molar-refractivity contribution in [3.63, 3.8) is 0 Å². The molecule has 294 valence electrons. The lowest BCUT2D eigenvalue weighted by atomic mass is 9.85. The Balaban J connectivity index is 1.78. The first-order chi connectivity index (χ1) is 24.5. The van der Waals surface area contributed by atoms with E-state index in [0.717, 1.165) is 0 Å². The molecule has 2 heterocycles. The van der Waals surface area contributed by atoms with E-state index in [2.05, 4.69) is 21.3 Å². The number of ketones is 1. The third-order valence-corrected chi connectivity index (χ3v) is 8.54. The summed E-state index contributed by atoms with van der Waals surface area (Å²) in [7, 11) is 3.09. The minimum Gasteiger partial charge on any atom is -0.444 e. The summed E-state index contributed by atoms with van der Waals surface area (Å²) in [5.74, 6) is -5.67. The van der Waals surface area contributed by atoms with Crippen molar-refractivity contribution in [2.24, 2.45) is 5.41 Å². The molecule has 16 nitrogen and oxygen atoms in total. The van der Waals surface area contributed by atoms with Crippen LogP contribution in [0.25, 0.3) is 0 Å². The van der Waals surface area contributed by atoms with E-state index < -0.39 is 101 Å². The molecule has 1 aromatic carbocycles. The average Bonchev–Trinajstić information content (AvgIpc) is 3.54. The van der Waals surface area contributed by atoms with Crippen LogP contribution in [-0.2, 0) is 43.0 Å². The van der Waals surface area contributed by atoms with E-state index in [4.69, 9.17) is 14.2 Å². The lowest BCUT2D eigenvalue weighted by Crippen LogP contribution is -2.61. The van der Waals surface area contributed by atoms with Gasteiger partial charge in [0.05, 0.1) is 19.1 Å². The van der Waals surface area contributed by atoms with Gasteiger partial charge in [-0.05, 0) is 52.0 Å². The maximum absolute atomic E-state index is 14.2. The second-order valence-electron chi connectivity index (χ2n) is 16.1. The smallest absolute Gasteiger partial charge is 0.408 e. The summed E-state index contributed by atoms with van der Waals surface area (Å²) in [4.78, 5) is 95.9. The Labute approximate surface area is 311 Å². The number of benzene rings is 1. The van der Waals surface area contributed by atoms with Gasteiger partial charge in [-0.2, -0.15) is 0 Å². The van der Waals surface area contributed by atoms with Crippen molar-refractivity contribution in [3.05, 3.63) is 35.9 Å². The predicted molar refractivity (Wildman–Crippen MR) is 193 cm³/mol. The number of likely N-dealkylation sites (tertiary alicyclic amines) is 1. The van der Waals surface area contributed by atoms with Crippen LogP contribution in [0.1, 0.15) is 86.8 Å². The first-order valence-corrected chi connectivity index (χ1v) is 17.8. The molecular weight excluding hydrogens is 688 g/mol. The van der Waals surface area contributed by atoms with Crippen molar-refractivity contribution < 1.29 is 47.8 Å². The normalized spacial score (nSPS) is 21.0. The maximum Gasteiger partial charge on any atom is 0.408 e. The monoisotopic (exact) mass is 744 g/mol. The standard InChI is InChI=1S/C37H56N6O10/c1-12-16-22(27(45)31(47)38-19-24(44)40-25(32(48)42(10)11)21-17-14-13-15-18-21)39-30(46)26-28-23(51-37(8,9)52-28)20-43(26)33(49)29(35(2,3)4)41-34(50)53-36(5,6)7/h13-15,17-18,22-23,25-26,28-29H,12,16,19-20H2,1-11H3,(H,38,47)(H,39,46)(H,40,44)(H,41,50)/t22-,23-,25?,26-,28?,29+/m0/s1. The molecule has 2 aliphatic rings. The van der Waals surface area contributed by atoms with E-state index in [1.807, 2.05) is 0 Å². The molecule has 0 aromatic heterocycles. The number of alkyl carbamates (subject to hydrolysis) is 1. The molecule has 2 aliphatic heterocycles. The molecule has 16 heteroatoms. The fraction of sp³-hybridized carbons (Fsp3) is 0.649. The number of hydrogen-bond donors (Lipinski definition) is 4.